The molecule has 0 bridgehead atoms. The van der Waals surface area contributed by atoms with Gasteiger partial charge in [-0.2, -0.15) is 0 Å². The number of hydrogen-bond acceptors (Lipinski definition) is 7. The Kier molecular flexibility index (Phi) is 5.00. The Balaban J connectivity index is 1.39. The van der Waals surface area contributed by atoms with E-state index in [1.165, 1.54) is 10.3 Å². The van der Waals surface area contributed by atoms with Crippen molar-refractivity contribution in [3.63, 3.8) is 0 Å². The van der Waals surface area contributed by atoms with Gasteiger partial charge in [-0.05, 0) is 37.2 Å². The molecule has 0 amide bonds. The van der Waals surface area contributed by atoms with Gasteiger partial charge in [0.2, 0.25) is 12.5 Å². The maximum Gasteiger partial charge on any atom is 0.231 e. The second-order valence-corrected chi connectivity index (χ2v) is 9.16. The first-order valence-corrected chi connectivity index (χ1v) is 11.2. The van der Waals surface area contributed by atoms with Gasteiger partial charge in [-0.1, -0.05) is 35.7 Å². The van der Waals surface area contributed by atoms with Crippen molar-refractivity contribution in [1.82, 2.24) is 9.88 Å². The van der Waals surface area contributed by atoms with Gasteiger partial charge in [0, 0.05) is 12.1 Å². The van der Waals surface area contributed by atoms with Gasteiger partial charge in [0.15, 0.2) is 15.8 Å². The average Bonchev–Trinajstić information content (AvgIpc) is 3.37. The number of nitrogens with zero attached hydrogens (tertiary/aromatic N) is 2. The van der Waals surface area contributed by atoms with E-state index in [0.717, 1.165) is 39.9 Å². The minimum atomic E-state index is -0.0285. The molecule has 0 fully saturated rings. The molecule has 0 aliphatic carbocycles. The standard InChI is InChI=1S/C22H20N2O3S2/c1-24-10-9-14-12-17-20(27-13-26-17)21(25-2)19(14)16(24)7-5-11-28-22-23-15-6-3-4-8-18(15)29-22/h3-4,6,8,12,16H,9-11,13H2,1-2H3/t16-/m1/s1. The van der Waals surface area contributed by atoms with Gasteiger partial charge < -0.3 is 14.2 Å². The fraction of sp³-hybridized carbons (Fsp3) is 0.318. The van der Waals surface area contributed by atoms with E-state index >= 15 is 0 Å². The van der Waals surface area contributed by atoms with E-state index in [0.29, 0.717) is 11.5 Å². The average molecular weight is 425 g/mol. The topological polar surface area (TPSA) is 43.8 Å². The Morgan fingerprint density at radius 3 is 3.10 bits per heavy atom. The minimum Gasteiger partial charge on any atom is -0.492 e. The third kappa shape index (κ3) is 3.42. The fourth-order valence-electron chi connectivity index (χ4n) is 3.76. The Labute approximate surface area is 178 Å². The van der Waals surface area contributed by atoms with Crippen molar-refractivity contribution in [2.24, 2.45) is 0 Å². The summed E-state index contributed by atoms with van der Waals surface area (Å²) in [5, 5.41) is 0. The van der Waals surface area contributed by atoms with Gasteiger partial charge in [0.05, 0.1) is 23.1 Å². The number of thiazole rings is 1. The molecule has 0 unspecified atom stereocenters. The number of para-hydroxylation sites is 1. The molecule has 2 aliphatic rings. The zero-order chi connectivity index (χ0) is 19.8. The smallest absolute Gasteiger partial charge is 0.231 e. The Morgan fingerprint density at radius 1 is 1.34 bits per heavy atom. The van der Waals surface area contributed by atoms with Gasteiger partial charge in [-0.15, -0.1) is 11.3 Å². The van der Waals surface area contributed by atoms with E-state index in [1.54, 1.807) is 30.2 Å². The molecule has 7 heteroatoms. The first kappa shape index (κ1) is 18.6. The molecular formula is C22H20N2O3S2. The van der Waals surface area contributed by atoms with Crippen LogP contribution in [0.1, 0.15) is 17.2 Å². The molecule has 3 heterocycles. The number of benzene rings is 2. The molecule has 0 saturated heterocycles. The van der Waals surface area contributed by atoms with Crippen LogP contribution >= 0.6 is 23.1 Å². The number of ether oxygens (including phenoxy) is 3. The van der Waals surface area contributed by atoms with Gasteiger partial charge in [0.1, 0.15) is 6.04 Å². The quantitative estimate of drug-likeness (QED) is 0.460. The number of fused-ring (bicyclic) bond motifs is 3. The molecule has 0 spiro atoms. The van der Waals surface area contributed by atoms with Crippen LogP contribution in [0, 0.1) is 11.8 Å². The SMILES string of the molecule is COc1c2c(cc3c1[C@@H](C#CCSc1nc4ccccc4s1)N(C)CC3)OCO2. The largest absolute Gasteiger partial charge is 0.492 e. The second-order valence-electron chi connectivity index (χ2n) is 6.91. The van der Waals surface area contributed by atoms with Crippen molar-refractivity contribution in [3.8, 4) is 29.1 Å². The number of hydrogen-bond donors (Lipinski definition) is 0. The lowest BCUT2D eigenvalue weighted by Crippen LogP contribution is -2.31. The van der Waals surface area contributed by atoms with E-state index in [-0.39, 0.29) is 12.8 Å². The van der Waals surface area contributed by atoms with Crippen LogP contribution in [-0.2, 0) is 6.42 Å². The number of aromatic nitrogens is 1. The lowest BCUT2D eigenvalue weighted by atomic mass is 9.91. The van der Waals surface area contributed by atoms with Gasteiger partial charge in [-0.3, -0.25) is 4.90 Å². The lowest BCUT2D eigenvalue weighted by Gasteiger charge is -2.32. The first-order chi connectivity index (χ1) is 14.2. The van der Waals surface area contributed by atoms with Gasteiger partial charge >= 0.3 is 0 Å². The highest BCUT2D eigenvalue weighted by atomic mass is 32.2. The highest BCUT2D eigenvalue weighted by Gasteiger charge is 2.33. The second kappa shape index (κ2) is 7.79. The summed E-state index contributed by atoms with van der Waals surface area (Å²) in [6.45, 7) is 1.18. The third-order valence-electron chi connectivity index (χ3n) is 5.18. The summed E-state index contributed by atoms with van der Waals surface area (Å²) in [7, 11) is 3.78. The van der Waals surface area contributed by atoms with Crippen molar-refractivity contribution in [1.29, 1.82) is 0 Å². The van der Waals surface area contributed by atoms with Gasteiger partial charge in [0.25, 0.3) is 0 Å². The van der Waals surface area contributed by atoms with Crippen molar-refractivity contribution in [3.05, 3.63) is 41.5 Å². The summed E-state index contributed by atoms with van der Waals surface area (Å²) in [4.78, 5) is 6.93. The zero-order valence-electron chi connectivity index (χ0n) is 16.2. The molecule has 3 aromatic rings. The third-order valence-corrected chi connectivity index (χ3v) is 7.24. The summed E-state index contributed by atoms with van der Waals surface area (Å²) < 4.78 is 19.2. The lowest BCUT2D eigenvalue weighted by molar-refractivity contribution is 0.171. The van der Waals surface area contributed by atoms with Crippen LogP contribution in [0.3, 0.4) is 0 Å². The molecule has 1 atom stereocenters. The van der Waals surface area contributed by atoms with Crippen LogP contribution in [-0.4, -0.2) is 43.1 Å². The van der Waals surface area contributed by atoms with Crippen molar-refractivity contribution in [2.75, 3.05) is 33.2 Å². The molecule has 2 aliphatic heterocycles. The van der Waals surface area contributed by atoms with E-state index < -0.39 is 0 Å². The molecular weight excluding hydrogens is 404 g/mol. The highest BCUT2D eigenvalue weighted by molar-refractivity contribution is 8.01. The van der Waals surface area contributed by atoms with Crippen LogP contribution in [0.25, 0.3) is 10.2 Å². The zero-order valence-corrected chi connectivity index (χ0v) is 17.9. The van der Waals surface area contributed by atoms with E-state index in [9.17, 15) is 0 Å². The van der Waals surface area contributed by atoms with Gasteiger partial charge in [-0.25, -0.2) is 4.98 Å². The Hall–Kier alpha value is -2.40. The number of methoxy groups -OCH3 is 1. The molecule has 5 nitrogen and oxygen atoms in total. The van der Waals surface area contributed by atoms with Crippen LogP contribution in [0.5, 0.6) is 17.2 Å². The Morgan fingerprint density at radius 2 is 2.24 bits per heavy atom. The van der Waals surface area contributed by atoms with E-state index in [2.05, 4.69) is 40.9 Å². The molecule has 2 aromatic carbocycles. The summed E-state index contributed by atoms with van der Waals surface area (Å²) in [6, 6.07) is 10.3. The van der Waals surface area contributed by atoms with Crippen LogP contribution in [0.2, 0.25) is 0 Å². The summed E-state index contributed by atoms with van der Waals surface area (Å²) in [5.41, 5.74) is 3.38. The molecule has 0 N–H and O–H groups in total. The van der Waals surface area contributed by atoms with Crippen LogP contribution in [0.15, 0.2) is 34.7 Å². The molecule has 148 valence electrons. The minimum absolute atomic E-state index is 0.0285. The monoisotopic (exact) mass is 424 g/mol. The Bertz CT molecular complexity index is 1100. The summed E-state index contributed by atoms with van der Waals surface area (Å²) in [6.07, 6.45) is 0.942. The van der Waals surface area contributed by atoms with E-state index in [4.69, 9.17) is 14.2 Å². The number of likely N-dealkylation sites (N-methyl/N-ethyl adjacent to an activating group) is 1. The van der Waals surface area contributed by atoms with Crippen molar-refractivity contribution in [2.45, 2.75) is 16.8 Å². The van der Waals surface area contributed by atoms with Crippen LogP contribution < -0.4 is 14.2 Å². The molecule has 0 radical (unpaired) electrons. The molecule has 5 rings (SSSR count). The predicted molar refractivity (Wildman–Crippen MR) is 116 cm³/mol. The number of thioether (sulfide) groups is 1. The van der Waals surface area contributed by atoms with Crippen LogP contribution in [0.4, 0.5) is 0 Å². The fourth-order valence-corrected chi connectivity index (χ4v) is 5.58. The molecule has 29 heavy (non-hydrogen) atoms. The van der Waals surface area contributed by atoms with Crippen molar-refractivity contribution < 1.29 is 14.2 Å². The maximum atomic E-state index is 5.73. The maximum absolute atomic E-state index is 5.73. The highest BCUT2D eigenvalue weighted by Crippen LogP contribution is 2.49. The normalized spacial score (nSPS) is 17.7. The molecule has 0 saturated carbocycles. The number of rotatable bonds is 3. The predicted octanol–water partition coefficient (Wildman–Crippen LogP) is 4.36. The summed E-state index contributed by atoms with van der Waals surface area (Å²) >= 11 is 3.40. The molecule has 1 aromatic heterocycles. The first-order valence-electron chi connectivity index (χ1n) is 9.41. The van der Waals surface area contributed by atoms with E-state index in [1.807, 2.05) is 18.2 Å². The van der Waals surface area contributed by atoms with Crippen molar-refractivity contribution >= 4 is 33.3 Å². The summed E-state index contributed by atoms with van der Waals surface area (Å²) in [5.74, 6) is 9.71.